The summed E-state index contributed by atoms with van der Waals surface area (Å²) in [6, 6.07) is -0.103. The van der Waals surface area contributed by atoms with Gasteiger partial charge in [0, 0.05) is 0 Å². The lowest BCUT2D eigenvalue weighted by Gasteiger charge is -2.17. The lowest BCUT2D eigenvalue weighted by atomic mass is 10.3. The number of nitrogens with zero attached hydrogens (tertiary/aromatic N) is 2. The topological polar surface area (TPSA) is 72.9 Å². The molecule has 0 unspecified atom stereocenters. The van der Waals surface area contributed by atoms with Crippen molar-refractivity contribution in [1.29, 1.82) is 0 Å². The molecule has 0 amide bonds. The molecule has 1 aromatic heterocycles. The van der Waals surface area contributed by atoms with Crippen LogP contribution in [0, 0.1) is 0 Å². The van der Waals surface area contributed by atoms with Gasteiger partial charge in [-0.2, -0.15) is 5.10 Å². The summed E-state index contributed by atoms with van der Waals surface area (Å²) >= 11 is 3.08. The molecule has 5 nitrogen and oxygen atoms in total. The van der Waals surface area contributed by atoms with E-state index in [1.807, 2.05) is 0 Å². The van der Waals surface area contributed by atoms with Crippen molar-refractivity contribution in [3.8, 4) is 0 Å². The molecule has 0 bridgehead atoms. The molecule has 0 aliphatic carbocycles. The lowest BCUT2D eigenvalue weighted by molar-refractivity contribution is 0.0253. The van der Waals surface area contributed by atoms with E-state index in [4.69, 9.17) is 5.73 Å². The molecule has 0 spiro atoms. The molecule has 0 saturated carbocycles. The van der Waals surface area contributed by atoms with Gasteiger partial charge in [0.05, 0.1) is 31.0 Å². The molecule has 0 radical (unpaired) electrons. The highest BCUT2D eigenvalue weighted by atomic mass is 79.9. The third-order valence-electron chi connectivity index (χ3n) is 2.27. The zero-order valence-electron chi connectivity index (χ0n) is 10.1. The molecule has 102 valence electrons. The molecule has 0 fully saturated rings. The smallest absolute Gasteiger partial charge is 0.283 e. The molecular formula is C10H15BrF2N4O. The van der Waals surface area contributed by atoms with Crippen molar-refractivity contribution < 1.29 is 8.78 Å². The van der Waals surface area contributed by atoms with Crippen molar-refractivity contribution >= 4 is 21.6 Å². The molecule has 3 N–H and O–H groups in total. The Morgan fingerprint density at radius 2 is 2.22 bits per heavy atom. The van der Waals surface area contributed by atoms with E-state index in [2.05, 4.69) is 26.3 Å². The van der Waals surface area contributed by atoms with Crippen LogP contribution in [0.2, 0.25) is 0 Å². The van der Waals surface area contributed by atoms with E-state index in [9.17, 15) is 13.6 Å². The third-order valence-corrected chi connectivity index (χ3v) is 3.04. The van der Waals surface area contributed by atoms with E-state index in [1.165, 1.54) is 10.9 Å². The number of halogens is 3. The summed E-state index contributed by atoms with van der Waals surface area (Å²) in [6.07, 6.45) is 1.33. The van der Waals surface area contributed by atoms with Crippen LogP contribution in [0.25, 0.3) is 0 Å². The second-order valence-electron chi connectivity index (χ2n) is 4.13. The Morgan fingerprint density at radius 3 is 2.72 bits per heavy atom. The highest BCUT2D eigenvalue weighted by Crippen LogP contribution is 2.19. The zero-order valence-corrected chi connectivity index (χ0v) is 11.7. The molecule has 0 aromatic carbocycles. The number of nitrogens with two attached hydrogens (primary N) is 1. The van der Waals surface area contributed by atoms with Crippen LogP contribution in [0.4, 0.5) is 14.5 Å². The molecule has 0 atom stereocenters. The molecule has 1 heterocycles. The van der Waals surface area contributed by atoms with Crippen LogP contribution >= 0.6 is 15.9 Å². The van der Waals surface area contributed by atoms with Crippen LogP contribution in [0.15, 0.2) is 15.5 Å². The second kappa shape index (κ2) is 5.75. The van der Waals surface area contributed by atoms with Crippen molar-refractivity contribution in [2.45, 2.75) is 25.8 Å². The van der Waals surface area contributed by atoms with Gasteiger partial charge < -0.3 is 11.1 Å². The Balaban J connectivity index is 2.93. The maximum absolute atomic E-state index is 13.0. The number of alkyl halides is 2. The average molecular weight is 325 g/mol. The minimum Gasteiger partial charge on any atom is -0.377 e. The van der Waals surface area contributed by atoms with E-state index in [-0.39, 0.29) is 21.8 Å². The number of anilines is 1. The first-order valence-electron chi connectivity index (χ1n) is 5.37. The Morgan fingerprint density at radius 1 is 1.61 bits per heavy atom. The van der Waals surface area contributed by atoms with Gasteiger partial charge in [0.2, 0.25) is 0 Å². The first kappa shape index (κ1) is 15.0. The second-order valence-corrected chi connectivity index (χ2v) is 4.92. The molecule has 18 heavy (non-hydrogen) atoms. The number of rotatable bonds is 5. The highest BCUT2D eigenvalue weighted by molar-refractivity contribution is 9.10. The summed E-state index contributed by atoms with van der Waals surface area (Å²) in [4.78, 5) is 11.8. The summed E-state index contributed by atoms with van der Waals surface area (Å²) in [5, 5.41) is 6.36. The van der Waals surface area contributed by atoms with E-state index in [0.717, 1.165) is 0 Å². The quantitative estimate of drug-likeness (QED) is 0.862. The number of nitrogens with one attached hydrogen (secondary N) is 1. The number of aromatic nitrogens is 2. The van der Waals surface area contributed by atoms with Gasteiger partial charge in [-0.15, -0.1) is 0 Å². The van der Waals surface area contributed by atoms with Gasteiger partial charge in [-0.05, 0) is 29.8 Å². The summed E-state index contributed by atoms with van der Waals surface area (Å²) in [5.74, 6) is -3.02. The third kappa shape index (κ3) is 3.49. The van der Waals surface area contributed by atoms with Crippen molar-refractivity contribution in [3.05, 3.63) is 21.0 Å². The van der Waals surface area contributed by atoms with Crippen molar-refractivity contribution in [1.82, 2.24) is 9.78 Å². The Labute approximate surface area is 111 Å². The minimum atomic E-state index is -3.02. The van der Waals surface area contributed by atoms with Gasteiger partial charge in [-0.1, -0.05) is 0 Å². The van der Waals surface area contributed by atoms with Gasteiger partial charge in [0.25, 0.3) is 11.5 Å². The SMILES string of the molecule is CC(C)n1ncc(NCC(F)(F)CN)c(Br)c1=O. The summed E-state index contributed by atoms with van der Waals surface area (Å²) in [6.45, 7) is 2.20. The lowest BCUT2D eigenvalue weighted by Crippen LogP contribution is -2.36. The Kier molecular flexibility index (Phi) is 4.80. The van der Waals surface area contributed by atoms with Crippen LogP contribution in [0.3, 0.4) is 0 Å². The summed E-state index contributed by atoms with van der Waals surface area (Å²) in [5.41, 5.74) is 4.78. The Bertz CT molecular complexity index is 475. The van der Waals surface area contributed by atoms with Gasteiger partial charge in [0.15, 0.2) is 0 Å². The predicted octanol–water partition coefficient (Wildman–Crippen LogP) is 1.59. The van der Waals surface area contributed by atoms with Crippen LogP contribution in [0.5, 0.6) is 0 Å². The average Bonchev–Trinajstić information content (AvgIpc) is 2.30. The van der Waals surface area contributed by atoms with Crippen molar-refractivity contribution in [2.75, 3.05) is 18.4 Å². The fraction of sp³-hybridized carbons (Fsp3) is 0.600. The zero-order chi connectivity index (χ0) is 13.9. The standard InChI is InChI=1S/C10H15BrF2N4O/c1-6(2)17-9(18)8(11)7(3-16-17)15-5-10(12,13)4-14/h3,6,15H,4-5,14H2,1-2H3. The van der Waals surface area contributed by atoms with Gasteiger partial charge >= 0.3 is 0 Å². The molecule has 1 aromatic rings. The number of hydrogen-bond donors (Lipinski definition) is 2. The van der Waals surface area contributed by atoms with E-state index in [1.54, 1.807) is 13.8 Å². The highest BCUT2D eigenvalue weighted by Gasteiger charge is 2.26. The largest absolute Gasteiger partial charge is 0.377 e. The molecule has 8 heteroatoms. The van der Waals surface area contributed by atoms with E-state index >= 15 is 0 Å². The number of hydrogen-bond acceptors (Lipinski definition) is 4. The maximum atomic E-state index is 13.0. The van der Waals surface area contributed by atoms with Crippen molar-refractivity contribution in [2.24, 2.45) is 5.73 Å². The maximum Gasteiger partial charge on any atom is 0.283 e. The summed E-state index contributed by atoms with van der Waals surface area (Å²) < 4.78 is 27.4. The van der Waals surface area contributed by atoms with Gasteiger partial charge in [-0.3, -0.25) is 4.79 Å². The van der Waals surface area contributed by atoms with E-state index < -0.39 is 19.0 Å². The monoisotopic (exact) mass is 324 g/mol. The van der Waals surface area contributed by atoms with Crippen molar-refractivity contribution in [3.63, 3.8) is 0 Å². The Hall–Kier alpha value is -1.02. The normalized spacial score (nSPS) is 11.9. The molecule has 0 aliphatic rings. The summed E-state index contributed by atoms with van der Waals surface area (Å²) in [7, 11) is 0. The van der Waals surface area contributed by atoms with Crippen LogP contribution < -0.4 is 16.6 Å². The first-order chi connectivity index (χ1) is 8.28. The van der Waals surface area contributed by atoms with E-state index in [0.29, 0.717) is 0 Å². The molecule has 0 saturated heterocycles. The minimum absolute atomic E-state index is 0.103. The molecule has 1 rings (SSSR count). The predicted molar refractivity (Wildman–Crippen MR) is 69.1 cm³/mol. The van der Waals surface area contributed by atoms with Crippen LogP contribution in [-0.4, -0.2) is 28.8 Å². The van der Waals surface area contributed by atoms with Gasteiger partial charge in [-0.25, -0.2) is 13.5 Å². The van der Waals surface area contributed by atoms with Crippen LogP contribution in [-0.2, 0) is 0 Å². The van der Waals surface area contributed by atoms with Crippen LogP contribution in [0.1, 0.15) is 19.9 Å². The fourth-order valence-corrected chi connectivity index (χ4v) is 1.66. The molecule has 0 aliphatic heterocycles. The molecular weight excluding hydrogens is 310 g/mol. The first-order valence-corrected chi connectivity index (χ1v) is 6.17. The fourth-order valence-electron chi connectivity index (χ4n) is 1.23. The van der Waals surface area contributed by atoms with Gasteiger partial charge in [0.1, 0.15) is 4.47 Å².